The number of fused-ring (bicyclic) bond motifs is 1. The van der Waals surface area contributed by atoms with E-state index in [4.69, 9.17) is 0 Å². The van der Waals surface area contributed by atoms with Crippen LogP contribution in [0, 0.1) is 0 Å². The molecule has 0 amide bonds. The summed E-state index contributed by atoms with van der Waals surface area (Å²) < 4.78 is 39.5. The first-order valence-corrected chi connectivity index (χ1v) is 5.24. The monoisotopic (exact) mass is 251 g/mol. The number of halogens is 3. The smallest absolute Gasteiger partial charge is 0.299 e. The molecule has 0 saturated heterocycles. The molecule has 0 bridgehead atoms. The van der Waals surface area contributed by atoms with E-state index in [1.165, 1.54) is 6.07 Å². The maximum absolute atomic E-state index is 12.6. The zero-order valence-electron chi connectivity index (χ0n) is 9.07. The number of nitrogens with one attached hydrogen (secondary N) is 1. The Morgan fingerprint density at radius 2 is 2.00 bits per heavy atom. The van der Waals surface area contributed by atoms with Gasteiger partial charge in [-0.3, -0.25) is 5.10 Å². The van der Waals surface area contributed by atoms with Crippen LogP contribution in [-0.2, 0) is 6.18 Å². The summed E-state index contributed by atoms with van der Waals surface area (Å²) in [5.74, 6) is 0. The van der Waals surface area contributed by atoms with Gasteiger partial charge in [-0.2, -0.15) is 13.2 Å². The summed E-state index contributed by atoms with van der Waals surface area (Å²) in [6.07, 6.45) is -1.11. The number of H-pyrrole nitrogens is 1. The molecule has 0 aliphatic rings. The molecule has 0 aliphatic carbocycles. The number of imidazole rings is 1. The summed E-state index contributed by atoms with van der Waals surface area (Å²) in [5, 5.41) is 2.90. The van der Waals surface area contributed by atoms with Gasteiger partial charge in [-0.1, -0.05) is 12.1 Å². The van der Waals surface area contributed by atoms with E-state index in [2.05, 4.69) is 10.1 Å². The fourth-order valence-corrected chi connectivity index (χ4v) is 1.86. The average molecular weight is 251 g/mol. The predicted octanol–water partition coefficient (Wildman–Crippen LogP) is 3.35. The minimum absolute atomic E-state index is 0.472. The molecule has 3 rings (SSSR count). The van der Waals surface area contributed by atoms with E-state index in [-0.39, 0.29) is 0 Å². The third-order valence-electron chi connectivity index (χ3n) is 2.71. The van der Waals surface area contributed by atoms with E-state index in [0.29, 0.717) is 16.9 Å². The largest absolute Gasteiger partial charge is 0.416 e. The molecule has 0 radical (unpaired) electrons. The van der Waals surface area contributed by atoms with Crippen LogP contribution in [0.5, 0.6) is 0 Å². The minimum atomic E-state index is -4.34. The van der Waals surface area contributed by atoms with Crippen LogP contribution < -0.4 is 0 Å². The maximum Gasteiger partial charge on any atom is 0.416 e. The lowest BCUT2D eigenvalue weighted by Gasteiger charge is -2.08. The van der Waals surface area contributed by atoms with Crippen LogP contribution in [0.3, 0.4) is 0 Å². The van der Waals surface area contributed by atoms with Gasteiger partial charge < -0.3 is 0 Å². The van der Waals surface area contributed by atoms with Gasteiger partial charge in [0.25, 0.3) is 0 Å². The topological polar surface area (TPSA) is 33.1 Å². The zero-order valence-corrected chi connectivity index (χ0v) is 9.07. The summed E-state index contributed by atoms with van der Waals surface area (Å²) in [6.45, 7) is 0. The Labute approximate surface area is 99.9 Å². The van der Waals surface area contributed by atoms with Gasteiger partial charge in [0.15, 0.2) is 5.65 Å². The van der Waals surface area contributed by atoms with Crippen molar-refractivity contribution in [1.29, 1.82) is 0 Å². The van der Waals surface area contributed by atoms with Crippen LogP contribution >= 0.6 is 0 Å². The Hall–Kier alpha value is -2.24. The number of benzene rings is 1. The van der Waals surface area contributed by atoms with Gasteiger partial charge in [-0.15, -0.1) is 0 Å². The van der Waals surface area contributed by atoms with Crippen LogP contribution in [0.2, 0.25) is 0 Å². The summed E-state index contributed by atoms with van der Waals surface area (Å²) in [5.41, 5.74) is 1.07. The highest BCUT2D eigenvalue weighted by atomic mass is 19.4. The molecular formula is C12H8F3N3. The summed E-state index contributed by atoms with van der Waals surface area (Å²) in [7, 11) is 0. The Balaban J connectivity index is 2.16. The van der Waals surface area contributed by atoms with Crippen molar-refractivity contribution in [3.63, 3.8) is 0 Å². The number of aromatic amines is 1. The van der Waals surface area contributed by atoms with Crippen molar-refractivity contribution in [2.75, 3.05) is 0 Å². The molecule has 3 aromatic rings. The van der Waals surface area contributed by atoms with E-state index in [1.807, 2.05) is 0 Å². The molecule has 6 heteroatoms. The number of hydrogen-bond donors (Lipinski definition) is 1. The van der Waals surface area contributed by atoms with Gasteiger partial charge in [0, 0.05) is 17.8 Å². The second kappa shape index (κ2) is 3.63. The highest BCUT2D eigenvalue weighted by molar-refractivity contribution is 5.63. The number of alkyl halides is 3. The lowest BCUT2D eigenvalue weighted by atomic mass is 10.1. The van der Waals surface area contributed by atoms with Gasteiger partial charge in [0.05, 0.1) is 17.5 Å². The molecule has 1 N–H and O–H groups in total. The van der Waals surface area contributed by atoms with Crippen molar-refractivity contribution in [2.45, 2.75) is 6.18 Å². The summed E-state index contributed by atoms with van der Waals surface area (Å²) in [4.78, 5) is 4.10. The molecule has 3 nitrogen and oxygen atoms in total. The zero-order chi connectivity index (χ0) is 12.8. The highest BCUT2D eigenvalue weighted by Crippen LogP contribution is 2.32. The van der Waals surface area contributed by atoms with Crippen molar-refractivity contribution in [3.05, 3.63) is 48.3 Å². The van der Waals surface area contributed by atoms with Crippen LogP contribution in [0.25, 0.3) is 16.9 Å². The Morgan fingerprint density at radius 1 is 1.17 bits per heavy atom. The van der Waals surface area contributed by atoms with Crippen molar-refractivity contribution in [1.82, 2.24) is 14.6 Å². The van der Waals surface area contributed by atoms with Crippen molar-refractivity contribution < 1.29 is 13.2 Å². The molecule has 18 heavy (non-hydrogen) atoms. The minimum Gasteiger partial charge on any atom is -0.299 e. The lowest BCUT2D eigenvalue weighted by molar-refractivity contribution is -0.137. The molecule has 0 aliphatic heterocycles. The van der Waals surface area contributed by atoms with E-state index >= 15 is 0 Å². The van der Waals surface area contributed by atoms with Gasteiger partial charge in [0.1, 0.15) is 0 Å². The SMILES string of the molecule is FC(F)(F)c1cccc(-c2cnc3cc[nH]n23)c1. The van der Waals surface area contributed by atoms with Gasteiger partial charge in [0.2, 0.25) is 0 Å². The van der Waals surface area contributed by atoms with Crippen LogP contribution in [-0.4, -0.2) is 14.6 Å². The van der Waals surface area contributed by atoms with Gasteiger partial charge >= 0.3 is 6.18 Å². The van der Waals surface area contributed by atoms with Crippen LogP contribution in [0.4, 0.5) is 13.2 Å². The number of aromatic nitrogens is 3. The third-order valence-corrected chi connectivity index (χ3v) is 2.71. The van der Waals surface area contributed by atoms with E-state index < -0.39 is 11.7 Å². The fraction of sp³-hybridized carbons (Fsp3) is 0.0833. The molecule has 2 aromatic heterocycles. The number of rotatable bonds is 1. The second-order valence-electron chi connectivity index (χ2n) is 3.88. The Bertz CT molecular complexity index is 694. The van der Waals surface area contributed by atoms with Gasteiger partial charge in [-0.25, -0.2) is 9.50 Å². The number of hydrogen-bond acceptors (Lipinski definition) is 1. The first kappa shape index (κ1) is 10.9. The molecule has 0 spiro atoms. The number of nitrogens with zero attached hydrogens (tertiary/aromatic N) is 2. The average Bonchev–Trinajstić information content (AvgIpc) is 2.89. The standard InChI is InChI=1S/C12H8F3N3/c13-12(14,15)9-3-1-2-8(6-9)10-7-16-11-4-5-17-18(10)11/h1-7,17H. The molecule has 0 unspecified atom stereocenters. The quantitative estimate of drug-likeness (QED) is 0.706. The predicted molar refractivity (Wildman–Crippen MR) is 60.0 cm³/mol. The second-order valence-corrected chi connectivity index (χ2v) is 3.88. The molecule has 92 valence electrons. The molecule has 0 fully saturated rings. The first-order chi connectivity index (χ1) is 8.55. The van der Waals surface area contributed by atoms with E-state index in [0.717, 1.165) is 12.1 Å². The van der Waals surface area contributed by atoms with Gasteiger partial charge in [-0.05, 0) is 12.1 Å². The Morgan fingerprint density at radius 3 is 2.78 bits per heavy atom. The van der Waals surface area contributed by atoms with Crippen LogP contribution in [0.1, 0.15) is 5.56 Å². The summed E-state index contributed by atoms with van der Waals surface area (Å²) >= 11 is 0. The third kappa shape index (κ3) is 1.66. The van der Waals surface area contributed by atoms with Crippen molar-refractivity contribution in [2.24, 2.45) is 0 Å². The van der Waals surface area contributed by atoms with Crippen molar-refractivity contribution in [3.8, 4) is 11.3 Å². The normalized spacial score (nSPS) is 12.2. The fourth-order valence-electron chi connectivity index (χ4n) is 1.86. The van der Waals surface area contributed by atoms with Crippen LogP contribution in [0.15, 0.2) is 42.7 Å². The molecule has 2 heterocycles. The highest BCUT2D eigenvalue weighted by Gasteiger charge is 2.30. The first-order valence-electron chi connectivity index (χ1n) is 5.24. The maximum atomic E-state index is 12.6. The molecular weight excluding hydrogens is 243 g/mol. The summed E-state index contributed by atoms with van der Waals surface area (Å²) in [6, 6.07) is 6.93. The Kier molecular flexibility index (Phi) is 2.19. The van der Waals surface area contributed by atoms with E-state index in [9.17, 15) is 13.2 Å². The lowest BCUT2D eigenvalue weighted by Crippen LogP contribution is -2.04. The van der Waals surface area contributed by atoms with Crippen molar-refractivity contribution >= 4 is 5.65 Å². The van der Waals surface area contributed by atoms with E-state index in [1.54, 1.807) is 29.0 Å². The molecule has 0 saturated carbocycles. The molecule has 0 atom stereocenters. The molecule has 1 aromatic carbocycles.